The third-order valence-corrected chi connectivity index (χ3v) is 10.9. The fraction of sp³-hybridized carbons (Fsp3) is 0.462. The first-order chi connectivity index (χ1) is 23.0. The molecule has 1 aromatic heterocycles. The second-order valence-corrected chi connectivity index (χ2v) is 13.9. The summed E-state index contributed by atoms with van der Waals surface area (Å²) in [4.78, 5) is 39.7. The Bertz CT molecular complexity index is 1650. The average molecular weight is 633 g/mol. The van der Waals surface area contributed by atoms with Crippen LogP contribution in [0.1, 0.15) is 92.0 Å². The van der Waals surface area contributed by atoms with Crippen LogP contribution in [0.25, 0.3) is 11.0 Å². The summed E-state index contributed by atoms with van der Waals surface area (Å²) in [6.07, 6.45) is 11.5. The number of rotatable bonds is 9. The first-order valence-electron chi connectivity index (χ1n) is 17.7. The fourth-order valence-electron chi connectivity index (χ4n) is 8.28. The molecule has 8 nitrogen and oxygen atoms in total. The summed E-state index contributed by atoms with van der Waals surface area (Å²) in [5, 5.41) is 2.98. The van der Waals surface area contributed by atoms with E-state index in [0.29, 0.717) is 5.56 Å². The molecule has 1 saturated heterocycles. The molecule has 4 aromatic rings. The minimum atomic E-state index is -0.829. The molecule has 2 aliphatic carbocycles. The number of benzene rings is 3. The highest BCUT2D eigenvalue weighted by Gasteiger charge is 2.34. The number of anilines is 1. The number of fused-ring (bicyclic) bond motifs is 1. The molecule has 2 heterocycles. The van der Waals surface area contributed by atoms with Crippen molar-refractivity contribution in [1.29, 1.82) is 0 Å². The van der Waals surface area contributed by atoms with Crippen LogP contribution in [0, 0.1) is 5.92 Å². The molecule has 246 valence electrons. The zero-order chi connectivity index (χ0) is 32.2. The van der Waals surface area contributed by atoms with Crippen molar-refractivity contribution in [2.24, 2.45) is 11.7 Å². The topological polar surface area (TPSA) is 107 Å². The van der Waals surface area contributed by atoms with Crippen molar-refractivity contribution < 1.29 is 9.59 Å². The van der Waals surface area contributed by atoms with Gasteiger partial charge in [-0.25, -0.2) is 4.98 Å². The van der Waals surface area contributed by atoms with Crippen LogP contribution in [-0.2, 0) is 16.0 Å². The second kappa shape index (κ2) is 14.3. The molecule has 3 fully saturated rings. The SMILES string of the molecule is NC(=O)C(NC(=O)C1CCCCC1c1ccc(Cc2cccc3[nH]c(N4CCN(C5CCCCC5)CC4)nc23)cc1)c1ccccc1. The summed E-state index contributed by atoms with van der Waals surface area (Å²) in [6, 6.07) is 24.4. The Balaban J connectivity index is 1.01. The predicted molar refractivity (Wildman–Crippen MR) is 187 cm³/mol. The Morgan fingerprint density at radius 1 is 0.830 bits per heavy atom. The minimum absolute atomic E-state index is 0.0946. The van der Waals surface area contributed by atoms with Gasteiger partial charge in [0.15, 0.2) is 0 Å². The normalized spacial score (nSPS) is 21.8. The number of aromatic amines is 1. The van der Waals surface area contributed by atoms with Crippen molar-refractivity contribution >= 4 is 28.8 Å². The standard InChI is InChI=1S/C39H48N6O2/c40-37(46)36(29-10-3-1-4-11-29)42-38(47)33-16-8-7-15-32(33)28-20-18-27(19-21-28)26-30-12-9-17-34-35(30)43-39(41-34)45-24-22-44(23-25-45)31-13-5-2-6-14-31/h1,3-4,9-12,17-21,31-33,36H,2,5-8,13-16,22-26H2,(H2,40,46)(H,41,43)(H,42,47). The van der Waals surface area contributed by atoms with E-state index in [1.165, 1.54) is 48.8 Å². The van der Waals surface area contributed by atoms with E-state index >= 15 is 0 Å². The number of imidazole rings is 1. The molecule has 7 rings (SSSR count). The monoisotopic (exact) mass is 632 g/mol. The van der Waals surface area contributed by atoms with Gasteiger partial charge in [0.25, 0.3) is 0 Å². The van der Waals surface area contributed by atoms with Gasteiger partial charge in [-0.05, 0) is 66.3 Å². The number of aromatic nitrogens is 2. The second-order valence-electron chi connectivity index (χ2n) is 13.9. The van der Waals surface area contributed by atoms with Crippen molar-refractivity contribution in [2.45, 2.75) is 82.2 Å². The van der Waals surface area contributed by atoms with Gasteiger partial charge in [0.1, 0.15) is 6.04 Å². The molecule has 4 N–H and O–H groups in total. The zero-order valence-electron chi connectivity index (χ0n) is 27.4. The fourth-order valence-corrected chi connectivity index (χ4v) is 8.28. The number of para-hydroxylation sites is 1. The van der Waals surface area contributed by atoms with Crippen LogP contribution < -0.4 is 16.0 Å². The van der Waals surface area contributed by atoms with Crippen LogP contribution in [0.3, 0.4) is 0 Å². The molecule has 2 saturated carbocycles. The molecule has 0 bridgehead atoms. The average Bonchev–Trinajstić information content (AvgIpc) is 3.57. The summed E-state index contributed by atoms with van der Waals surface area (Å²) < 4.78 is 0. The number of nitrogens with two attached hydrogens (primary N) is 1. The first-order valence-corrected chi connectivity index (χ1v) is 17.7. The highest BCUT2D eigenvalue weighted by molar-refractivity contribution is 5.89. The third-order valence-electron chi connectivity index (χ3n) is 10.9. The zero-order valence-corrected chi connectivity index (χ0v) is 27.4. The first kappa shape index (κ1) is 31.4. The van der Waals surface area contributed by atoms with Crippen LogP contribution >= 0.6 is 0 Å². The van der Waals surface area contributed by atoms with E-state index in [9.17, 15) is 9.59 Å². The van der Waals surface area contributed by atoms with Gasteiger partial charge in [0.2, 0.25) is 17.8 Å². The van der Waals surface area contributed by atoms with E-state index in [0.717, 1.165) is 81.3 Å². The lowest BCUT2D eigenvalue weighted by Gasteiger charge is -2.40. The van der Waals surface area contributed by atoms with Gasteiger partial charge in [-0.1, -0.05) is 98.8 Å². The maximum absolute atomic E-state index is 13.6. The van der Waals surface area contributed by atoms with E-state index in [-0.39, 0.29) is 17.7 Å². The third kappa shape index (κ3) is 7.08. The highest BCUT2D eigenvalue weighted by Crippen LogP contribution is 2.39. The van der Waals surface area contributed by atoms with Gasteiger partial charge in [0.05, 0.1) is 11.0 Å². The molecule has 47 heavy (non-hydrogen) atoms. The van der Waals surface area contributed by atoms with E-state index in [1.807, 2.05) is 30.3 Å². The number of hydrogen-bond acceptors (Lipinski definition) is 5. The number of piperazine rings is 1. The van der Waals surface area contributed by atoms with E-state index in [1.54, 1.807) is 0 Å². The number of H-pyrrole nitrogens is 1. The van der Waals surface area contributed by atoms with Crippen LogP contribution in [0.2, 0.25) is 0 Å². The van der Waals surface area contributed by atoms with Gasteiger partial charge in [0, 0.05) is 38.1 Å². The predicted octanol–water partition coefficient (Wildman–Crippen LogP) is 6.23. The number of amides is 2. The van der Waals surface area contributed by atoms with E-state index < -0.39 is 11.9 Å². The van der Waals surface area contributed by atoms with Crippen molar-refractivity contribution in [3.8, 4) is 0 Å². The number of nitrogens with zero attached hydrogens (tertiary/aromatic N) is 3. The van der Waals surface area contributed by atoms with Crippen LogP contribution in [0.5, 0.6) is 0 Å². The van der Waals surface area contributed by atoms with Gasteiger partial charge in [-0.15, -0.1) is 0 Å². The molecule has 2 amide bonds. The smallest absolute Gasteiger partial charge is 0.244 e. The lowest BCUT2D eigenvalue weighted by Crippen LogP contribution is -2.51. The Morgan fingerprint density at radius 2 is 1.55 bits per heavy atom. The number of primary amides is 1. The highest BCUT2D eigenvalue weighted by atomic mass is 16.2. The van der Waals surface area contributed by atoms with Gasteiger partial charge in [-0.3, -0.25) is 14.5 Å². The molecule has 3 unspecified atom stereocenters. The van der Waals surface area contributed by atoms with Crippen molar-refractivity contribution in [3.05, 3.63) is 95.1 Å². The van der Waals surface area contributed by atoms with Gasteiger partial charge < -0.3 is 20.9 Å². The molecule has 3 aromatic carbocycles. The molecular weight excluding hydrogens is 584 g/mol. The summed E-state index contributed by atoms with van der Waals surface area (Å²) in [5.41, 5.74) is 12.2. The molecule has 0 spiro atoms. The number of hydrogen-bond donors (Lipinski definition) is 3. The lowest BCUT2D eigenvalue weighted by molar-refractivity contribution is -0.131. The Hall–Kier alpha value is -4.17. The summed E-state index contributed by atoms with van der Waals surface area (Å²) in [7, 11) is 0. The lowest BCUT2D eigenvalue weighted by atomic mass is 9.74. The Labute approximate surface area is 278 Å². The number of carbonyl (C=O) groups is 2. The molecule has 1 aliphatic heterocycles. The largest absolute Gasteiger partial charge is 0.368 e. The van der Waals surface area contributed by atoms with Crippen molar-refractivity contribution in [1.82, 2.24) is 20.2 Å². The van der Waals surface area contributed by atoms with E-state index in [2.05, 4.69) is 62.6 Å². The van der Waals surface area contributed by atoms with E-state index in [4.69, 9.17) is 10.7 Å². The quantitative estimate of drug-likeness (QED) is 0.203. The van der Waals surface area contributed by atoms with Crippen molar-refractivity contribution in [2.75, 3.05) is 31.1 Å². The summed E-state index contributed by atoms with van der Waals surface area (Å²) in [6.45, 7) is 4.26. The van der Waals surface area contributed by atoms with Crippen LogP contribution in [-0.4, -0.2) is 58.9 Å². The van der Waals surface area contributed by atoms with Crippen LogP contribution in [0.4, 0.5) is 5.95 Å². The number of carbonyl (C=O) groups excluding carboxylic acids is 2. The molecule has 3 aliphatic rings. The Kier molecular flexibility index (Phi) is 9.56. The summed E-state index contributed by atoms with van der Waals surface area (Å²) >= 11 is 0. The molecule has 3 atom stereocenters. The maximum atomic E-state index is 13.6. The molecular formula is C39H48N6O2. The van der Waals surface area contributed by atoms with Crippen molar-refractivity contribution in [3.63, 3.8) is 0 Å². The van der Waals surface area contributed by atoms with Gasteiger partial charge in [-0.2, -0.15) is 0 Å². The molecule has 0 radical (unpaired) electrons. The minimum Gasteiger partial charge on any atom is -0.368 e. The summed E-state index contributed by atoms with van der Waals surface area (Å²) in [5.74, 6) is 0.262. The molecule has 8 heteroatoms. The maximum Gasteiger partial charge on any atom is 0.244 e. The Morgan fingerprint density at radius 3 is 2.30 bits per heavy atom. The van der Waals surface area contributed by atoms with Gasteiger partial charge >= 0.3 is 0 Å². The number of nitrogens with one attached hydrogen (secondary N) is 2. The van der Waals surface area contributed by atoms with Crippen LogP contribution in [0.15, 0.2) is 72.8 Å².